The van der Waals surface area contributed by atoms with Gasteiger partial charge in [-0.3, -0.25) is 19.2 Å². The van der Waals surface area contributed by atoms with Crippen molar-refractivity contribution in [1.29, 1.82) is 0 Å². The number of carbonyl (C=O) groups is 5. The van der Waals surface area contributed by atoms with Crippen LogP contribution < -0.4 is 16.4 Å². The van der Waals surface area contributed by atoms with Gasteiger partial charge in [0.1, 0.15) is 29.5 Å². The molecular formula is C27H38N6O6. The number of rotatable bonds is 7. The van der Waals surface area contributed by atoms with Crippen LogP contribution in [-0.2, 0) is 29.3 Å². The van der Waals surface area contributed by atoms with E-state index >= 15 is 0 Å². The average molecular weight is 546 g/mol. The Labute approximate surface area is 232 Å². The maximum atomic E-state index is 14.3. The first-order valence-electron chi connectivity index (χ1n) is 14.6. The Balaban J connectivity index is 1.69. The zero-order chi connectivity index (χ0) is 31.2. The number of carbonyl (C=O) groups excluding carboxylic acids is 5. The third kappa shape index (κ3) is 5.55. The van der Waals surface area contributed by atoms with E-state index in [0.717, 1.165) is 24.2 Å². The third-order valence-electron chi connectivity index (χ3n) is 7.68. The van der Waals surface area contributed by atoms with Gasteiger partial charge in [0.05, 0.1) is 5.41 Å². The first-order valence-corrected chi connectivity index (χ1v) is 13.1. The first-order chi connectivity index (χ1) is 19.4. The van der Waals surface area contributed by atoms with Crippen molar-refractivity contribution in [2.45, 2.75) is 88.9 Å². The van der Waals surface area contributed by atoms with Crippen LogP contribution in [0.15, 0.2) is 18.3 Å². The minimum absolute atomic E-state index is 0.0292. The van der Waals surface area contributed by atoms with Crippen molar-refractivity contribution in [2.75, 3.05) is 18.8 Å². The molecule has 3 aliphatic rings. The molecule has 39 heavy (non-hydrogen) atoms. The predicted molar refractivity (Wildman–Crippen MR) is 141 cm³/mol. The van der Waals surface area contributed by atoms with Crippen LogP contribution in [0.2, 0.25) is 0 Å². The Morgan fingerprint density at radius 1 is 1.36 bits per heavy atom. The molecular weight excluding hydrogens is 504 g/mol. The number of likely N-dealkylation sites (N-methyl/N-ethyl adjacent to an activating group) is 1. The highest BCUT2D eigenvalue weighted by atomic mass is 16.6. The van der Waals surface area contributed by atoms with Crippen LogP contribution >= 0.6 is 0 Å². The Kier molecular flexibility index (Phi) is 6.53. The number of hydrogen-bond donors (Lipinski definition) is 3. The molecule has 0 aromatic carbocycles. The van der Waals surface area contributed by atoms with Crippen molar-refractivity contribution in [2.24, 2.45) is 11.7 Å². The number of nitrogens with two attached hydrogens (primary N) is 1. The molecule has 0 bridgehead atoms. The van der Waals surface area contributed by atoms with Crippen LogP contribution in [0.4, 0.5) is 10.6 Å². The standard InChI is InChI=1S/C27H38N6O6/c1-15(30-25(38)39-26(2,3)4)22(35)32(5)18(12-16-8-6-9-16)23(36)33-14-27(13-19(33)20(28)34)17-10-7-11-29-21(17)31-24(27)37/h7,10-11,15-16,18-19H,6,8-9,12-14H2,1-5H3,(H2,28,34)(H,30,38)(H,29,31,37)/t15?,18-,19-,27-/m0/s1/i5D3. The quantitative estimate of drug-likeness (QED) is 0.465. The van der Waals surface area contributed by atoms with Gasteiger partial charge in [-0.05, 0) is 52.5 Å². The zero-order valence-electron chi connectivity index (χ0n) is 25.7. The second-order valence-corrected chi connectivity index (χ2v) is 11.6. The summed E-state index contributed by atoms with van der Waals surface area (Å²) in [6.07, 6.45) is 2.86. The minimum atomic E-state index is -3.08. The van der Waals surface area contributed by atoms with Crippen molar-refractivity contribution >= 4 is 35.5 Å². The molecule has 3 heterocycles. The normalized spacial score (nSPS) is 25.3. The van der Waals surface area contributed by atoms with Crippen LogP contribution in [0.25, 0.3) is 0 Å². The number of amides is 5. The van der Waals surface area contributed by atoms with Gasteiger partial charge in [0.25, 0.3) is 0 Å². The number of nitrogens with one attached hydrogen (secondary N) is 2. The molecule has 1 spiro atoms. The highest BCUT2D eigenvalue weighted by molar-refractivity contribution is 6.07. The number of nitrogens with zero attached hydrogens (tertiary/aromatic N) is 3. The summed E-state index contributed by atoms with van der Waals surface area (Å²) < 4.78 is 29.9. The smallest absolute Gasteiger partial charge is 0.408 e. The molecule has 1 aromatic heterocycles. The summed E-state index contributed by atoms with van der Waals surface area (Å²) in [6, 6.07) is -0.775. The highest BCUT2D eigenvalue weighted by Crippen LogP contribution is 2.46. The Morgan fingerprint density at radius 3 is 2.67 bits per heavy atom. The molecule has 4 N–H and O–H groups in total. The van der Waals surface area contributed by atoms with Gasteiger partial charge < -0.3 is 30.9 Å². The van der Waals surface area contributed by atoms with Crippen LogP contribution in [-0.4, -0.2) is 81.8 Å². The number of primary amides is 1. The number of ether oxygens (including phenoxy) is 1. The summed E-state index contributed by atoms with van der Waals surface area (Å²) in [5.41, 5.74) is 4.04. The number of anilines is 1. The molecule has 1 saturated carbocycles. The van der Waals surface area contributed by atoms with E-state index < -0.39 is 65.8 Å². The number of likely N-dealkylation sites (tertiary alicyclic amines) is 1. The van der Waals surface area contributed by atoms with Crippen molar-refractivity contribution in [3.63, 3.8) is 0 Å². The number of fused-ring (bicyclic) bond motifs is 2. The van der Waals surface area contributed by atoms with Crippen molar-refractivity contribution in [3.8, 4) is 0 Å². The SMILES string of the molecule is [2H]C([2H])([2H])N(C(=O)C(C)NC(=O)OC(C)(C)C)[C@@H](CC1CCC1)C(=O)N1C[C@]2(C[C@H]1C(N)=O)C(=O)Nc1ncccc12. The molecule has 5 amide bonds. The lowest BCUT2D eigenvalue weighted by atomic mass is 9.80. The Hall–Kier alpha value is -3.70. The van der Waals surface area contributed by atoms with Gasteiger partial charge in [-0.15, -0.1) is 0 Å². The Bertz CT molecular complexity index is 1280. The average Bonchev–Trinajstić information content (AvgIpc) is 3.37. The molecule has 0 radical (unpaired) electrons. The molecule has 1 saturated heterocycles. The van der Waals surface area contributed by atoms with Gasteiger partial charge in [-0.25, -0.2) is 9.78 Å². The fourth-order valence-corrected chi connectivity index (χ4v) is 5.45. The third-order valence-corrected chi connectivity index (χ3v) is 7.68. The van der Waals surface area contributed by atoms with Crippen molar-refractivity contribution < 1.29 is 32.8 Å². The molecule has 212 valence electrons. The number of aromatic nitrogens is 1. The number of pyridine rings is 1. The molecule has 4 atom stereocenters. The van der Waals surface area contributed by atoms with E-state index in [1.165, 1.54) is 13.1 Å². The van der Waals surface area contributed by atoms with E-state index in [1.54, 1.807) is 32.9 Å². The van der Waals surface area contributed by atoms with Gasteiger partial charge in [-0.1, -0.05) is 25.3 Å². The lowest BCUT2D eigenvalue weighted by Gasteiger charge is -2.38. The number of alkyl carbamates (subject to hydrolysis) is 1. The summed E-state index contributed by atoms with van der Waals surface area (Å²) in [6.45, 7) is 2.89. The van der Waals surface area contributed by atoms with Gasteiger partial charge in [0.15, 0.2) is 0 Å². The minimum Gasteiger partial charge on any atom is -0.444 e. The molecule has 1 aliphatic carbocycles. The lowest BCUT2D eigenvalue weighted by molar-refractivity contribution is -0.148. The topological polar surface area (TPSA) is 164 Å². The van der Waals surface area contributed by atoms with Crippen LogP contribution in [0.1, 0.15) is 69.5 Å². The summed E-state index contributed by atoms with van der Waals surface area (Å²) >= 11 is 0. The first kappa shape index (κ1) is 24.3. The van der Waals surface area contributed by atoms with E-state index in [1.807, 2.05) is 0 Å². The van der Waals surface area contributed by atoms with Crippen molar-refractivity contribution in [3.05, 3.63) is 23.9 Å². The molecule has 4 rings (SSSR count). The Morgan fingerprint density at radius 2 is 2.08 bits per heavy atom. The van der Waals surface area contributed by atoms with Crippen LogP contribution in [0.3, 0.4) is 0 Å². The highest BCUT2D eigenvalue weighted by Gasteiger charge is 2.58. The van der Waals surface area contributed by atoms with Gasteiger partial charge in [0, 0.05) is 29.4 Å². The van der Waals surface area contributed by atoms with E-state index in [9.17, 15) is 24.0 Å². The van der Waals surface area contributed by atoms with E-state index in [0.29, 0.717) is 16.3 Å². The molecule has 1 unspecified atom stereocenters. The molecule has 1 aromatic rings. The van der Waals surface area contributed by atoms with E-state index in [4.69, 9.17) is 14.6 Å². The van der Waals surface area contributed by atoms with Crippen molar-refractivity contribution in [1.82, 2.24) is 20.1 Å². The molecule has 2 aliphatic heterocycles. The maximum Gasteiger partial charge on any atom is 0.408 e. The lowest BCUT2D eigenvalue weighted by Crippen LogP contribution is -2.57. The van der Waals surface area contributed by atoms with Gasteiger partial charge in [0.2, 0.25) is 23.6 Å². The predicted octanol–water partition coefficient (Wildman–Crippen LogP) is 1.29. The fraction of sp³-hybridized carbons (Fsp3) is 0.630. The zero-order valence-corrected chi connectivity index (χ0v) is 22.7. The summed E-state index contributed by atoms with van der Waals surface area (Å²) in [4.78, 5) is 72.1. The molecule has 12 nitrogen and oxygen atoms in total. The van der Waals surface area contributed by atoms with E-state index in [-0.39, 0.29) is 25.3 Å². The summed E-state index contributed by atoms with van der Waals surface area (Å²) in [5.74, 6) is -2.86. The van der Waals surface area contributed by atoms with Crippen LogP contribution in [0, 0.1) is 5.92 Å². The summed E-state index contributed by atoms with van der Waals surface area (Å²) in [5, 5.41) is 5.05. The number of hydrogen-bond acceptors (Lipinski definition) is 7. The maximum absolute atomic E-state index is 14.3. The van der Waals surface area contributed by atoms with Gasteiger partial charge in [-0.2, -0.15) is 0 Å². The summed E-state index contributed by atoms with van der Waals surface area (Å²) in [7, 11) is 0. The van der Waals surface area contributed by atoms with Crippen LogP contribution in [0.5, 0.6) is 0 Å². The molecule has 12 heteroatoms. The second-order valence-electron chi connectivity index (χ2n) is 11.6. The fourth-order valence-electron chi connectivity index (χ4n) is 5.45. The van der Waals surface area contributed by atoms with Gasteiger partial charge >= 0.3 is 6.09 Å². The van der Waals surface area contributed by atoms with E-state index in [2.05, 4.69) is 15.6 Å². The largest absolute Gasteiger partial charge is 0.444 e. The molecule has 2 fully saturated rings. The monoisotopic (exact) mass is 545 g/mol. The second kappa shape index (κ2) is 10.5.